The highest BCUT2D eigenvalue weighted by atomic mass is 16.2. The quantitative estimate of drug-likeness (QED) is 0.842. The Balaban J connectivity index is 1.49. The fourth-order valence-electron chi connectivity index (χ4n) is 5.26. The van der Waals surface area contributed by atoms with E-state index in [1.54, 1.807) is 0 Å². The van der Waals surface area contributed by atoms with Crippen molar-refractivity contribution >= 4 is 16.8 Å². The van der Waals surface area contributed by atoms with Crippen molar-refractivity contribution in [2.75, 3.05) is 0 Å². The molecule has 1 amide bonds. The van der Waals surface area contributed by atoms with Crippen molar-refractivity contribution in [2.45, 2.75) is 77.3 Å². The monoisotopic (exact) mass is 338 g/mol. The first-order chi connectivity index (χ1) is 12.1. The van der Waals surface area contributed by atoms with Gasteiger partial charge in [-0.15, -0.1) is 0 Å². The SMILES string of the molecule is Cc1cccc2[nH]cc(CCC(=O)N3C(C)CCC4CCCCC43)c12. The van der Waals surface area contributed by atoms with Gasteiger partial charge in [-0.1, -0.05) is 25.0 Å². The number of amides is 1. The minimum Gasteiger partial charge on any atom is -0.361 e. The molecule has 3 nitrogen and oxygen atoms in total. The number of H-pyrrole nitrogens is 1. The summed E-state index contributed by atoms with van der Waals surface area (Å²) in [5.41, 5.74) is 3.76. The number of aromatic nitrogens is 1. The summed E-state index contributed by atoms with van der Waals surface area (Å²) in [7, 11) is 0. The Morgan fingerprint density at radius 2 is 2.04 bits per heavy atom. The van der Waals surface area contributed by atoms with Crippen LogP contribution in [0.4, 0.5) is 0 Å². The van der Waals surface area contributed by atoms with E-state index in [2.05, 4.69) is 48.1 Å². The van der Waals surface area contributed by atoms with Crippen LogP contribution in [0.15, 0.2) is 24.4 Å². The number of piperidine rings is 1. The Hall–Kier alpha value is -1.77. The van der Waals surface area contributed by atoms with Crippen LogP contribution in [0.5, 0.6) is 0 Å². The first-order valence-corrected chi connectivity index (χ1v) is 10.0. The van der Waals surface area contributed by atoms with Crippen molar-refractivity contribution in [3.05, 3.63) is 35.5 Å². The van der Waals surface area contributed by atoms with Gasteiger partial charge in [0.2, 0.25) is 5.91 Å². The standard InChI is InChI=1S/C22H30N2O/c1-15-6-5-8-19-22(15)18(14-23-19)12-13-21(25)24-16(2)10-11-17-7-3-4-9-20(17)24/h5-6,8,14,16-17,20,23H,3-4,7,9-13H2,1-2H3. The number of carbonyl (C=O) groups excluding carboxylic acids is 1. The first-order valence-electron chi connectivity index (χ1n) is 10.0. The van der Waals surface area contributed by atoms with E-state index >= 15 is 0 Å². The van der Waals surface area contributed by atoms with Crippen LogP contribution in [0.2, 0.25) is 0 Å². The molecule has 1 aromatic heterocycles. The molecule has 3 unspecified atom stereocenters. The Kier molecular flexibility index (Phi) is 4.58. The number of nitrogens with zero attached hydrogens (tertiary/aromatic N) is 1. The number of likely N-dealkylation sites (tertiary alicyclic amines) is 1. The highest BCUT2D eigenvalue weighted by Gasteiger charge is 2.38. The van der Waals surface area contributed by atoms with Gasteiger partial charge in [0.25, 0.3) is 0 Å². The first kappa shape index (κ1) is 16.7. The summed E-state index contributed by atoms with van der Waals surface area (Å²) in [5.74, 6) is 1.12. The van der Waals surface area contributed by atoms with Crippen molar-refractivity contribution in [2.24, 2.45) is 5.92 Å². The van der Waals surface area contributed by atoms with Crippen LogP contribution in [0.1, 0.15) is 63.0 Å². The second-order valence-electron chi connectivity index (χ2n) is 8.15. The van der Waals surface area contributed by atoms with E-state index in [1.807, 2.05) is 0 Å². The molecule has 134 valence electrons. The van der Waals surface area contributed by atoms with E-state index in [0.717, 1.165) is 12.3 Å². The minimum absolute atomic E-state index is 0.368. The molecule has 0 spiro atoms. The van der Waals surface area contributed by atoms with Gasteiger partial charge in [0.05, 0.1) is 0 Å². The third-order valence-electron chi connectivity index (χ3n) is 6.55. The molecule has 1 aromatic carbocycles. The smallest absolute Gasteiger partial charge is 0.223 e. The van der Waals surface area contributed by atoms with E-state index in [-0.39, 0.29) is 0 Å². The van der Waals surface area contributed by atoms with Gasteiger partial charge in [0, 0.05) is 35.6 Å². The molecular formula is C22H30N2O. The zero-order valence-corrected chi connectivity index (χ0v) is 15.6. The van der Waals surface area contributed by atoms with Gasteiger partial charge in [-0.05, 0) is 69.1 Å². The summed E-state index contributed by atoms with van der Waals surface area (Å²) in [5, 5.41) is 1.30. The molecule has 0 radical (unpaired) electrons. The fourth-order valence-corrected chi connectivity index (χ4v) is 5.26. The summed E-state index contributed by atoms with van der Waals surface area (Å²) in [6.45, 7) is 4.40. The summed E-state index contributed by atoms with van der Waals surface area (Å²) >= 11 is 0. The van der Waals surface area contributed by atoms with Crippen LogP contribution in [-0.2, 0) is 11.2 Å². The second-order valence-corrected chi connectivity index (χ2v) is 8.15. The minimum atomic E-state index is 0.368. The van der Waals surface area contributed by atoms with Gasteiger partial charge in [-0.2, -0.15) is 0 Å². The van der Waals surface area contributed by atoms with Gasteiger partial charge >= 0.3 is 0 Å². The molecule has 1 saturated heterocycles. The fraction of sp³-hybridized carbons (Fsp3) is 0.591. The lowest BCUT2D eigenvalue weighted by Crippen LogP contribution is -2.53. The molecule has 1 saturated carbocycles. The van der Waals surface area contributed by atoms with Crippen LogP contribution in [0.3, 0.4) is 0 Å². The molecule has 2 aliphatic rings. The van der Waals surface area contributed by atoms with E-state index in [9.17, 15) is 4.79 Å². The predicted octanol–water partition coefficient (Wildman–Crippen LogP) is 4.98. The number of rotatable bonds is 3. The topological polar surface area (TPSA) is 36.1 Å². The second kappa shape index (κ2) is 6.86. The number of hydrogen-bond donors (Lipinski definition) is 1. The Morgan fingerprint density at radius 3 is 2.92 bits per heavy atom. The maximum Gasteiger partial charge on any atom is 0.223 e. The molecule has 1 aliphatic carbocycles. The van der Waals surface area contributed by atoms with E-state index < -0.39 is 0 Å². The third-order valence-corrected chi connectivity index (χ3v) is 6.55. The average Bonchev–Trinajstić information content (AvgIpc) is 3.04. The average molecular weight is 338 g/mol. The molecule has 25 heavy (non-hydrogen) atoms. The van der Waals surface area contributed by atoms with Crippen LogP contribution in [0, 0.1) is 12.8 Å². The van der Waals surface area contributed by atoms with E-state index in [4.69, 9.17) is 0 Å². The van der Waals surface area contributed by atoms with Crippen molar-refractivity contribution in [3.8, 4) is 0 Å². The van der Waals surface area contributed by atoms with Crippen LogP contribution < -0.4 is 0 Å². The highest BCUT2D eigenvalue weighted by molar-refractivity contribution is 5.87. The van der Waals surface area contributed by atoms with Crippen molar-refractivity contribution in [1.29, 1.82) is 0 Å². The Bertz CT molecular complexity index is 762. The molecular weight excluding hydrogens is 308 g/mol. The zero-order chi connectivity index (χ0) is 17.4. The van der Waals surface area contributed by atoms with Crippen LogP contribution in [0.25, 0.3) is 10.9 Å². The van der Waals surface area contributed by atoms with Crippen LogP contribution >= 0.6 is 0 Å². The molecule has 2 aromatic rings. The van der Waals surface area contributed by atoms with Gasteiger partial charge < -0.3 is 9.88 Å². The number of benzene rings is 1. The third kappa shape index (κ3) is 3.09. The number of fused-ring (bicyclic) bond motifs is 2. The normalized spacial score (nSPS) is 26.6. The molecule has 4 rings (SSSR count). The molecule has 0 bridgehead atoms. The van der Waals surface area contributed by atoms with Crippen molar-refractivity contribution in [3.63, 3.8) is 0 Å². The lowest BCUT2D eigenvalue weighted by molar-refractivity contribution is -0.141. The zero-order valence-electron chi connectivity index (χ0n) is 15.6. The molecule has 2 fully saturated rings. The maximum atomic E-state index is 13.1. The number of carbonyl (C=O) groups is 1. The number of aryl methyl sites for hydroxylation is 2. The highest BCUT2D eigenvalue weighted by Crippen LogP contribution is 2.38. The molecule has 3 heteroatoms. The molecule has 3 atom stereocenters. The lowest BCUT2D eigenvalue weighted by atomic mass is 9.76. The van der Waals surface area contributed by atoms with Crippen molar-refractivity contribution < 1.29 is 4.79 Å². The van der Waals surface area contributed by atoms with Gasteiger partial charge in [-0.3, -0.25) is 4.79 Å². The number of hydrogen-bond acceptors (Lipinski definition) is 1. The lowest BCUT2D eigenvalue weighted by Gasteiger charge is -2.47. The Morgan fingerprint density at radius 1 is 1.20 bits per heavy atom. The molecule has 2 heterocycles. The number of aromatic amines is 1. The van der Waals surface area contributed by atoms with Gasteiger partial charge in [-0.25, -0.2) is 0 Å². The predicted molar refractivity (Wildman–Crippen MR) is 103 cm³/mol. The summed E-state index contributed by atoms with van der Waals surface area (Å²) in [4.78, 5) is 18.7. The van der Waals surface area contributed by atoms with E-state index in [0.29, 0.717) is 24.4 Å². The van der Waals surface area contributed by atoms with E-state index in [1.165, 1.54) is 60.6 Å². The summed E-state index contributed by atoms with van der Waals surface area (Å²) in [6.07, 6.45) is 11.2. The van der Waals surface area contributed by atoms with Gasteiger partial charge in [0.1, 0.15) is 0 Å². The Labute approximate surface area is 150 Å². The number of nitrogens with one attached hydrogen (secondary N) is 1. The van der Waals surface area contributed by atoms with Crippen molar-refractivity contribution in [1.82, 2.24) is 9.88 Å². The van der Waals surface area contributed by atoms with Crippen LogP contribution in [-0.4, -0.2) is 27.9 Å². The summed E-state index contributed by atoms with van der Waals surface area (Å²) in [6, 6.07) is 7.28. The molecule has 1 N–H and O–H groups in total. The largest absolute Gasteiger partial charge is 0.361 e. The maximum absolute atomic E-state index is 13.1. The summed E-state index contributed by atoms with van der Waals surface area (Å²) < 4.78 is 0. The molecule has 1 aliphatic heterocycles. The van der Waals surface area contributed by atoms with Gasteiger partial charge in [0.15, 0.2) is 0 Å².